The number of halogens is 1. The molecule has 130 valence electrons. The fourth-order valence-electron chi connectivity index (χ4n) is 3.03. The van der Waals surface area contributed by atoms with E-state index in [1.807, 2.05) is 0 Å². The summed E-state index contributed by atoms with van der Waals surface area (Å²) < 4.78 is 0. The first-order valence-electron chi connectivity index (χ1n) is 9.64. The van der Waals surface area contributed by atoms with Gasteiger partial charge in [-0.3, -0.25) is 0 Å². The Labute approximate surface area is 141 Å². The maximum Gasteiger partial charge on any atom is 0.0857 e. The van der Waals surface area contributed by atoms with Gasteiger partial charge in [0.15, 0.2) is 0 Å². The third-order valence-electron chi connectivity index (χ3n) is 4.58. The molecular weight excluding hydrogens is 278 g/mol. The highest BCUT2D eigenvalue weighted by Gasteiger charge is 2.08. The second kappa shape index (κ2) is 20.2. The molecule has 0 radical (unpaired) electrons. The highest BCUT2D eigenvalue weighted by Crippen LogP contribution is 2.12. The molecule has 0 heterocycles. The minimum Gasteiger partial charge on any atom is -1.00 e. The number of hydrogen-bond donors (Lipinski definition) is 1. The number of quaternary nitrogens is 1. The quantitative estimate of drug-likeness (QED) is 0.421. The molecule has 0 fully saturated rings. The second-order valence-corrected chi connectivity index (χ2v) is 6.56. The summed E-state index contributed by atoms with van der Waals surface area (Å²) in [6, 6.07) is 0.900. The third kappa shape index (κ3) is 18.2. The van der Waals surface area contributed by atoms with Crippen molar-refractivity contribution in [2.75, 3.05) is 7.05 Å². The lowest BCUT2D eigenvalue weighted by atomic mass is 10.00. The van der Waals surface area contributed by atoms with E-state index < -0.39 is 0 Å². The Balaban J connectivity index is 0. The minimum atomic E-state index is 0. The number of rotatable bonds is 16. The van der Waals surface area contributed by atoms with Crippen molar-refractivity contribution in [2.24, 2.45) is 0 Å². The van der Waals surface area contributed by atoms with Crippen molar-refractivity contribution < 1.29 is 17.7 Å². The molecule has 2 N–H and O–H groups in total. The maximum atomic E-state index is 2.46. The van der Waals surface area contributed by atoms with Crippen LogP contribution in [0.5, 0.6) is 0 Å². The molecule has 0 aliphatic rings. The van der Waals surface area contributed by atoms with Crippen molar-refractivity contribution in [3.63, 3.8) is 0 Å². The molecule has 1 atom stereocenters. The zero-order valence-electron chi connectivity index (χ0n) is 15.1. The van der Waals surface area contributed by atoms with Gasteiger partial charge in [-0.15, -0.1) is 0 Å². The Bertz CT molecular complexity index is 173. The normalized spacial score (nSPS) is 12.1. The van der Waals surface area contributed by atoms with Gasteiger partial charge in [-0.25, -0.2) is 0 Å². The maximum absolute atomic E-state index is 2.46. The largest absolute Gasteiger partial charge is 1.00 e. The van der Waals surface area contributed by atoms with Crippen molar-refractivity contribution in [1.29, 1.82) is 0 Å². The molecule has 2 heteroatoms. The Kier molecular flexibility index (Phi) is 22.7. The van der Waals surface area contributed by atoms with Gasteiger partial charge in [0, 0.05) is 0 Å². The monoisotopic (exact) mass is 319 g/mol. The molecule has 0 saturated heterocycles. The molecule has 0 aromatic carbocycles. The van der Waals surface area contributed by atoms with E-state index in [4.69, 9.17) is 0 Å². The summed E-state index contributed by atoms with van der Waals surface area (Å²) in [6.07, 6.45) is 21.6. The molecule has 0 saturated carbocycles. The topological polar surface area (TPSA) is 16.6 Å². The third-order valence-corrected chi connectivity index (χ3v) is 4.58. The predicted molar refractivity (Wildman–Crippen MR) is 92.2 cm³/mol. The lowest BCUT2D eigenvalue weighted by Gasteiger charge is -2.13. The fraction of sp³-hybridized carbons (Fsp3) is 1.00. The first kappa shape index (κ1) is 23.5. The first-order valence-corrected chi connectivity index (χ1v) is 9.64. The van der Waals surface area contributed by atoms with Gasteiger partial charge in [0.1, 0.15) is 0 Å². The van der Waals surface area contributed by atoms with Gasteiger partial charge >= 0.3 is 0 Å². The van der Waals surface area contributed by atoms with Crippen molar-refractivity contribution in [2.45, 2.75) is 116 Å². The van der Waals surface area contributed by atoms with Crippen LogP contribution >= 0.6 is 0 Å². The standard InChI is InChI=1S/C19H41N.ClH/c1-4-6-8-10-12-14-16-18-19(20-3)17-15-13-11-9-7-5-2;/h19-20H,4-18H2,1-3H3;1H. The first-order chi connectivity index (χ1) is 9.85. The molecule has 0 rings (SSSR count). The molecular formula is C19H42ClN. The van der Waals surface area contributed by atoms with Crippen molar-refractivity contribution >= 4 is 0 Å². The van der Waals surface area contributed by atoms with Crippen molar-refractivity contribution in [3.8, 4) is 0 Å². The summed E-state index contributed by atoms with van der Waals surface area (Å²) >= 11 is 0. The van der Waals surface area contributed by atoms with Gasteiger partial charge in [0.2, 0.25) is 0 Å². The van der Waals surface area contributed by atoms with Crippen LogP contribution in [0.2, 0.25) is 0 Å². The molecule has 21 heavy (non-hydrogen) atoms. The number of nitrogens with two attached hydrogens (primary N) is 1. The van der Waals surface area contributed by atoms with Crippen LogP contribution in [0.4, 0.5) is 0 Å². The van der Waals surface area contributed by atoms with Gasteiger partial charge in [0.05, 0.1) is 13.1 Å². The number of unbranched alkanes of at least 4 members (excludes halogenated alkanes) is 11. The van der Waals surface area contributed by atoms with Crippen LogP contribution in [0.25, 0.3) is 0 Å². The summed E-state index contributed by atoms with van der Waals surface area (Å²) in [5, 5.41) is 2.46. The highest BCUT2D eigenvalue weighted by molar-refractivity contribution is 4.57. The van der Waals surface area contributed by atoms with Gasteiger partial charge in [0.25, 0.3) is 0 Å². The molecule has 0 aliphatic carbocycles. The van der Waals surface area contributed by atoms with Gasteiger partial charge in [-0.1, -0.05) is 84.5 Å². The van der Waals surface area contributed by atoms with Crippen LogP contribution in [0.3, 0.4) is 0 Å². The van der Waals surface area contributed by atoms with Crippen LogP contribution in [0.1, 0.15) is 110 Å². The van der Waals surface area contributed by atoms with Gasteiger partial charge < -0.3 is 17.7 Å². The summed E-state index contributed by atoms with van der Waals surface area (Å²) in [7, 11) is 2.27. The van der Waals surface area contributed by atoms with Crippen LogP contribution in [0, 0.1) is 0 Å². The lowest BCUT2D eigenvalue weighted by Crippen LogP contribution is -3.00. The molecule has 0 aliphatic heterocycles. The van der Waals surface area contributed by atoms with Crippen LogP contribution in [0.15, 0.2) is 0 Å². The SMILES string of the molecule is CCCCCCCCCC(CCCCCCCC)[NH2+]C.[Cl-]. The lowest BCUT2D eigenvalue weighted by molar-refractivity contribution is -0.665. The van der Waals surface area contributed by atoms with E-state index in [-0.39, 0.29) is 12.4 Å². The fourth-order valence-corrected chi connectivity index (χ4v) is 3.03. The molecule has 1 unspecified atom stereocenters. The molecule has 0 amide bonds. The zero-order chi connectivity index (χ0) is 14.9. The smallest absolute Gasteiger partial charge is 0.0857 e. The zero-order valence-corrected chi connectivity index (χ0v) is 15.9. The van der Waals surface area contributed by atoms with Gasteiger partial charge in [-0.2, -0.15) is 0 Å². The Morgan fingerprint density at radius 1 is 0.571 bits per heavy atom. The number of hydrogen-bond acceptors (Lipinski definition) is 0. The average Bonchev–Trinajstić information content (AvgIpc) is 2.47. The average molecular weight is 320 g/mol. The van der Waals surface area contributed by atoms with Crippen molar-refractivity contribution in [1.82, 2.24) is 0 Å². The highest BCUT2D eigenvalue weighted by atomic mass is 35.5. The predicted octanol–water partition coefficient (Wildman–Crippen LogP) is 2.44. The van der Waals surface area contributed by atoms with E-state index in [1.54, 1.807) is 0 Å². The molecule has 0 bridgehead atoms. The van der Waals surface area contributed by atoms with E-state index in [0.717, 1.165) is 6.04 Å². The van der Waals surface area contributed by atoms with E-state index in [1.165, 1.54) is 96.3 Å². The van der Waals surface area contributed by atoms with Crippen LogP contribution < -0.4 is 17.7 Å². The molecule has 0 aromatic rings. The van der Waals surface area contributed by atoms with Crippen LogP contribution in [-0.4, -0.2) is 13.1 Å². The Hall–Kier alpha value is 0.250. The molecule has 0 aromatic heterocycles. The van der Waals surface area contributed by atoms with Crippen molar-refractivity contribution in [3.05, 3.63) is 0 Å². The summed E-state index contributed by atoms with van der Waals surface area (Å²) in [4.78, 5) is 0. The van der Waals surface area contributed by atoms with E-state index in [9.17, 15) is 0 Å². The van der Waals surface area contributed by atoms with Gasteiger partial charge in [-0.05, 0) is 25.7 Å². The summed E-state index contributed by atoms with van der Waals surface area (Å²) in [6.45, 7) is 4.59. The Morgan fingerprint density at radius 2 is 0.905 bits per heavy atom. The van der Waals surface area contributed by atoms with E-state index >= 15 is 0 Å². The summed E-state index contributed by atoms with van der Waals surface area (Å²) in [5.74, 6) is 0. The summed E-state index contributed by atoms with van der Waals surface area (Å²) in [5.41, 5.74) is 0. The Morgan fingerprint density at radius 3 is 1.24 bits per heavy atom. The molecule has 0 spiro atoms. The van der Waals surface area contributed by atoms with Crippen LogP contribution in [-0.2, 0) is 0 Å². The van der Waals surface area contributed by atoms with E-state index in [2.05, 4.69) is 26.2 Å². The van der Waals surface area contributed by atoms with E-state index in [0.29, 0.717) is 0 Å². The minimum absolute atomic E-state index is 0. The molecule has 1 nitrogen and oxygen atoms in total. The second-order valence-electron chi connectivity index (χ2n) is 6.56.